The lowest BCUT2D eigenvalue weighted by atomic mass is 10.2. The van der Waals surface area contributed by atoms with E-state index in [1.165, 1.54) is 12.8 Å². The quantitative estimate of drug-likeness (QED) is 0.719. The van der Waals surface area contributed by atoms with Crippen LogP contribution in [0, 0.1) is 6.92 Å². The average molecular weight is 285 g/mol. The second-order valence-corrected chi connectivity index (χ2v) is 5.69. The van der Waals surface area contributed by atoms with Gasteiger partial charge in [-0.3, -0.25) is 0 Å². The number of nitrogens with zero attached hydrogens (tertiary/aromatic N) is 4. The summed E-state index contributed by atoms with van der Waals surface area (Å²) in [4.78, 5) is 4.76. The van der Waals surface area contributed by atoms with Gasteiger partial charge < -0.3 is 4.57 Å². The molecule has 1 aromatic carbocycles. The van der Waals surface area contributed by atoms with E-state index in [1.54, 1.807) is 6.20 Å². The smallest absolute Gasteiger partial charge is 0.143 e. The highest BCUT2D eigenvalue weighted by Crippen LogP contribution is 2.41. The van der Waals surface area contributed by atoms with E-state index in [4.69, 9.17) is 16.6 Å². The van der Waals surface area contributed by atoms with Gasteiger partial charge >= 0.3 is 0 Å². The number of imidazole rings is 1. The van der Waals surface area contributed by atoms with E-state index >= 15 is 0 Å². The van der Waals surface area contributed by atoms with Crippen LogP contribution in [0.5, 0.6) is 0 Å². The molecule has 1 aliphatic rings. The van der Waals surface area contributed by atoms with Gasteiger partial charge in [-0.05, 0) is 44.0 Å². The Kier molecular flexibility index (Phi) is 2.54. The Morgan fingerprint density at radius 3 is 2.85 bits per heavy atom. The van der Waals surface area contributed by atoms with Crippen molar-refractivity contribution in [2.45, 2.75) is 25.8 Å². The predicted octanol–water partition coefficient (Wildman–Crippen LogP) is 3.79. The Hall–Kier alpha value is -1.94. The lowest BCUT2D eigenvalue weighted by molar-refractivity contribution is 0.773. The fourth-order valence-electron chi connectivity index (χ4n) is 2.57. The summed E-state index contributed by atoms with van der Waals surface area (Å²) in [6.45, 7) is 1.94. The van der Waals surface area contributed by atoms with E-state index in [0.717, 1.165) is 28.1 Å². The SMILES string of the molecule is Cc1cc(-c2nc3cc(Cl)ccc3n2C2CC2)cnn1. The number of aromatic nitrogens is 4. The summed E-state index contributed by atoms with van der Waals surface area (Å²) in [5.41, 5.74) is 3.99. The Morgan fingerprint density at radius 1 is 1.25 bits per heavy atom. The predicted molar refractivity (Wildman–Crippen MR) is 78.8 cm³/mol. The standard InChI is InChI=1S/C15H13ClN4/c1-9-6-10(8-17-19-9)15-18-13-7-11(16)2-5-14(13)20(15)12-3-4-12/h2,5-8,12H,3-4H2,1H3. The minimum absolute atomic E-state index is 0.546. The van der Waals surface area contributed by atoms with E-state index in [9.17, 15) is 0 Å². The first-order valence-corrected chi connectivity index (χ1v) is 7.07. The van der Waals surface area contributed by atoms with Crippen LogP contribution in [0.15, 0.2) is 30.5 Å². The molecule has 2 heterocycles. The zero-order valence-electron chi connectivity index (χ0n) is 11.0. The summed E-state index contributed by atoms with van der Waals surface area (Å²) in [5, 5.41) is 8.77. The number of halogens is 1. The van der Waals surface area contributed by atoms with E-state index in [0.29, 0.717) is 11.1 Å². The Labute approximate surface area is 121 Å². The molecule has 0 spiro atoms. The lowest BCUT2D eigenvalue weighted by Gasteiger charge is -2.07. The summed E-state index contributed by atoms with van der Waals surface area (Å²) in [5.74, 6) is 0.961. The number of rotatable bonds is 2. The Bertz CT molecular complexity index is 805. The highest BCUT2D eigenvalue weighted by molar-refractivity contribution is 6.31. The molecular formula is C15H13ClN4. The molecule has 0 atom stereocenters. The van der Waals surface area contributed by atoms with Gasteiger partial charge in [0.25, 0.3) is 0 Å². The van der Waals surface area contributed by atoms with Crippen LogP contribution in [-0.4, -0.2) is 19.7 Å². The van der Waals surface area contributed by atoms with E-state index < -0.39 is 0 Å². The molecule has 4 rings (SSSR count). The summed E-state index contributed by atoms with van der Waals surface area (Å²) in [6, 6.07) is 8.46. The summed E-state index contributed by atoms with van der Waals surface area (Å²) in [6.07, 6.45) is 4.19. The minimum Gasteiger partial charge on any atom is -0.321 e. The molecule has 5 heteroatoms. The molecule has 1 aliphatic carbocycles. The van der Waals surface area contributed by atoms with Crippen molar-refractivity contribution in [1.29, 1.82) is 0 Å². The maximum absolute atomic E-state index is 6.08. The van der Waals surface area contributed by atoms with Gasteiger partial charge in [-0.2, -0.15) is 10.2 Å². The highest BCUT2D eigenvalue weighted by Gasteiger charge is 2.28. The molecule has 0 saturated heterocycles. The van der Waals surface area contributed by atoms with E-state index in [2.05, 4.69) is 14.8 Å². The van der Waals surface area contributed by atoms with Gasteiger partial charge in [0.15, 0.2) is 0 Å². The maximum atomic E-state index is 6.08. The molecule has 0 unspecified atom stereocenters. The van der Waals surface area contributed by atoms with Gasteiger partial charge in [0, 0.05) is 16.6 Å². The van der Waals surface area contributed by atoms with Crippen LogP contribution in [0.3, 0.4) is 0 Å². The van der Waals surface area contributed by atoms with Crippen LogP contribution < -0.4 is 0 Å². The van der Waals surface area contributed by atoms with Gasteiger partial charge in [-0.1, -0.05) is 11.6 Å². The molecule has 0 bridgehead atoms. The minimum atomic E-state index is 0.546. The van der Waals surface area contributed by atoms with Gasteiger partial charge in [0.1, 0.15) is 5.82 Å². The first-order valence-electron chi connectivity index (χ1n) is 6.69. The van der Waals surface area contributed by atoms with Gasteiger partial charge in [-0.15, -0.1) is 0 Å². The van der Waals surface area contributed by atoms with Crippen molar-refractivity contribution in [1.82, 2.24) is 19.7 Å². The number of fused-ring (bicyclic) bond motifs is 1. The van der Waals surface area contributed by atoms with Crippen LogP contribution in [0.25, 0.3) is 22.4 Å². The molecule has 20 heavy (non-hydrogen) atoms. The molecule has 0 aliphatic heterocycles. The van der Waals surface area contributed by atoms with Crippen molar-refractivity contribution in [3.8, 4) is 11.4 Å². The topological polar surface area (TPSA) is 43.6 Å². The van der Waals surface area contributed by atoms with Crippen LogP contribution >= 0.6 is 11.6 Å². The van der Waals surface area contributed by atoms with Gasteiger partial charge in [-0.25, -0.2) is 4.98 Å². The van der Waals surface area contributed by atoms with Crippen LogP contribution in [0.1, 0.15) is 24.6 Å². The molecule has 0 amide bonds. The van der Waals surface area contributed by atoms with E-state index in [-0.39, 0.29) is 0 Å². The third-order valence-corrected chi connectivity index (χ3v) is 3.83. The highest BCUT2D eigenvalue weighted by atomic mass is 35.5. The van der Waals surface area contributed by atoms with Crippen LogP contribution in [0.4, 0.5) is 0 Å². The number of hydrogen-bond acceptors (Lipinski definition) is 3. The number of aryl methyl sites for hydroxylation is 1. The molecule has 1 fully saturated rings. The van der Waals surface area contributed by atoms with Crippen molar-refractivity contribution in [3.05, 3.63) is 41.2 Å². The normalized spacial score (nSPS) is 14.9. The molecule has 0 radical (unpaired) electrons. The summed E-state index contributed by atoms with van der Waals surface area (Å²) in [7, 11) is 0. The van der Waals surface area contributed by atoms with Gasteiger partial charge in [0.05, 0.1) is 22.9 Å². The van der Waals surface area contributed by atoms with Crippen molar-refractivity contribution in [2.75, 3.05) is 0 Å². The second-order valence-electron chi connectivity index (χ2n) is 5.26. The summed E-state index contributed by atoms with van der Waals surface area (Å²) < 4.78 is 2.31. The van der Waals surface area contributed by atoms with Gasteiger partial charge in [0.2, 0.25) is 0 Å². The van der Waals surface area contributed by atoms with Crippen LogP contribution in [0.2, 0.25) is 5.02 Å². The third-order valence-electron chi connectivity index (χ3n) is 3.60. The maximum Gasteiger partial charge on any atom is 0.143 e. The molecular weight excluding hydrogens is 272 g/mol. The van der Waals surface area contributed by atoms with E-state index in [1.807, 2.05) is 31.2 Å². The first-order chi connectivity index (χ1) is 9.72. The second kappa shape index (κ2) is 4.28. The fourth-order valence-corrected chi connectivity index (χ4v) is 2.74. The Balaban J connectivity index is 2.00. The molecule has 0 N–H and O–H groups in total. The largest absolute Gasteiger partial charge is 0.321 e. The van der Waals surface area contributed by atoms with Crippen molar-refractivity contribution < 1.29 is 0 Å². The number of benzene rings is 1. The average Bonchev–Trinajstić information content (AvgIpc) is 3.19. The Morgan fingerprint density at radius 2 is 2.10 bits per heavy atom. The van der Waals surface area contributed by atoms with Crippen LogP contribution in [-0.2, 0) is 0 Å². The van der Waals surface area contributed by atoms with Crippen molar-refractivity contribution in [3.63, 3.8) is 0 Å². The number of hydrogen-bond donors (Lipinski definition) is 0. The lowest BCUT2D eigenvalue weighted by Crippen LogP contribution is -1.98. The molecule has 1 saturated carbocycles. The van der Waals surface area contributed by atoms with Crippen molar-refractivity contribution >= 4 is 22.6 Å². The molecule has 3 aromatic rings. The first kappa shape index (κ1) is 11.9. The summed E-state index contributed by atoms with van der Waals surface area (Å²) >= 11 is 6.08. The third kappa shape index (κ3) is 1.88. The van der Waals surface area contributed by atoms with Crippen molar-refractivity contribution in [2.24, 2.45) is 0 Å². The monoisotopic (exact) mass is 284 g/mol. The molecule has 2 aromatic heterocycles. The zero-order chi connectivity index (χ0) is 13.7. The fraction of sp³-hybridized carbons (Fsp3) is 0.267. The molecule has 4 nitrogen and oxygen atoms in total. The zero-order valence-corrected chi connectivity index (χ0v) is 11.8. The molecule has 100 valence electrons.